The number of hydrogen-bond acceptors (Lipinski definition) is 3. The van der Waals surface area contributed by atoms with E-state index in [2.05, 4.69) is 4.98 Å². The Morgan fingerprint density at radius 1 is 1.54 bits per heavy atom. The van der Waals surface area contributed by atoms with Crippen molar-refractivity contribution in [2.75, 3.05) is 0 Å². The molecule has 0 saturated heterocycles. The van der Waals surface area contributed by atoms with E-state index in [0.717, 1.165) is 0 Å². The molecule has 0 atom stereocenters. The van der Waals surface area contributed by atoms with Gasteiger partial charge >= 0.3 is 0 Å². The lowest BCUT2D eigenvalue weighted by atomic mass is 10.3. The van der Waals surface area contributed by atoms with Gasteiger partial charge in [0.05, 0.1) is 5.41 Å². The topological polar surface area (TPSA) is 67.3 Å². The van der Waals surface area contributed by atoms with Crippen LogP contribution in [0.3, 0.4) is 0 Å². The van der Waals surface area contributed by atoms with Crippen molar-refractivity contribution < 1.29 is 13.0 Å². The summed E-state index contributed by atoms with van der Waals surface area (Å²) in [6.07, 6.45) is 2.65. The van der Waals surface area contributed by atoms with Crippen molar-refractivity contribution in [3.63, 3.8) is 0 Å². The fourth-order valence-electron chi connectivity index (χ4n) is 0.682. The molecule has 0 aliphatic carbocycles. The van der Waals surface area contributed by atoms with Crippen LogP contribution in [-0.4, -0.2) is 18.0 Å². The second-order valence-electron chi connectivity index (χ2n) is 2.20. The minimum Gasteiger partial charge on any atom is -0.282 e. The first-order valence-corrected chi connectivity index (χ1v) is 5.13. The molecule has 0 aromatic carbocycles. The van der Waals surface area contributed by atoms with Gasteiger partial charge in [0.2, 0.25) is 0 Å². The minimum absolute atomic E-state index is 0.183. The second kappa shape index (κ2) is 3.87. The molecule has 4 nitrogen and oxygen atoms in total. The zero-order chi connectivity index (χ0) is 9.90. The maximum atomic E-state index is 10.3. The number of aromatic nitrogens is 1. The number of halogens is 1. The van der Waals surface area contributed by atoms with E-state index < -0.39 is 10.1 Å². The summed E-state index contributed by atoms with van der Waals surface area (Å²) in [5.41, 5.74) is 0.432. The zero-order valence-electron chi connectivity index (χ0n) is 6.38. The first kappa shape index (κ1) is 10.2. The van der Waals surface area contributed by atoms with Crippen LogP contribution < -0.4 is 0 Å². The molecular formula is C7H6ClNO3S. The van der Waals surface area contributed by atoms with E-state index in [-0.39, 0.29) is 5.15 Å². The quantitative estimate of drug-likeness (QED) is 0.606. The second-order valence-corrected chi connectivity index (χ2v) is 3.86. The van der Waals surface area contributed by atoms with Crippen molar-refractivity contribution in [2.45, 2.75) is 0 Å². The fourth-order valence-corrected chi connectivity index (χ4v) is 1.18. The van der Waals surface area contributed by atoms with Gasteiger partial charge < -0.3 is 0 Å². The lowest BCUT2D eigenvalue weighted by Gasteiger charge is -1.93. The third kappa shape index (κ3) is 3.54. The summed E-state index contributed by atoms with van der Waals surface area (Å²) in [6, 6.07) is 3.19. The van der Waals surface area contributed by atoms with Gasteiger partial charge in [-0.1, -0.05) is 17.7 Å². The Morgan fingerprint density at radius 2 is 2.23 bits per heavy atom. The maximum absolute atomic E-state index is 10.3. The molecule has 1 rings (SSSR count). The van der Waals surface area contributed by atoms with Gasteiger partial charge in [-0.2, -0.15) is 8.42 Å². The standard InChI is InChI=1S/C7H6ClNO3S/c8-7-6(2-1-4-9-7)3-5-13(10,11)12/h1-5H,(H,10,11,12). The van der Waals surface area contributed by atoms with Gasteiger partial charge in [0, 0.05) is 11.8 Å². The summed E-state index contributed by atoms with van der Waals surface area (Å²) in [6.45, 7) is 0. The molecule has 0 aliphatic rings. The SMILES string of the molecule is O=S(=O)(O)C=Cc1cccnc1Cl. The number of nitrogens with zero attached hydrogens (tertiary/aromatic N) is 1. The molecule has 1 aromatic rings. The van der Waals surface area contributed by atoms with Crippen molar-refractivity contribution >= 4 is 27.8 Å². The van der Waals surface area contributed by atoms with E-state index in [1.54, 1.807) is 12.1 Å². The van der Waals surface area contributed by atoms with Crippen molar-refractivity contribution in [3.05, 3.63) is 34.5 Å². The van der Waals surface area contributed by atoms with E-state index in [1.165, 1.54) is 12.3 Å². The number of hydrogen-bond donors (Lipinski definition) is 1. The summed E-state index contributed by atoms with van der Waals surface area (Å²) in [7, 11) is -4.11. The molecule has 0 unspecified atom stereocenters. The summed E-state index contributed by atoms with van der Waals surface area (Å²) < 4.78 is 29.0. The van der Waals surface area contributed by atoms with Gasteiger partial charge in [0.25, 0.3) is 10.1 Å². The molecule has 0 aliphatic heterocycles. The first-order valence-electron chi connectivity index (χ1n) is 3.25. The van der Waals surface area contributed by atoms with Crippen LogP contribution in [0, 0.1) is 0 Å². The predicted octanol–water partition coefficient (Wildman–Crippen LogP) is 1.59. The van der Waals surface area contributed by atoms with Crippen LogP contribution >= 0.6 is 11.6 Å². The van der Waals surface area contributed by atoms with Crippen LogP contribution in [0.1, 0.15) is 5.56 Å². The predicted molar refractivity (Wildman–Crippen MR) is 49.8 cm³/mol. The summed E-state index contributed by atoms with van der Waals surface area (Å²) in [5, 5.41) is 0.831. The van der Waals surface area contributed by atoms with Crippen LogP contribution in [0.4, 0.5) is 0 Å². The van der Waals surface area contributed by atoms with E-state index >= 15 is 0 Å². The third-order valence-electron chi connectivity index (χ3n) is 1.21. The zero-order valence-corrected chi connectivity index (χ0v) is 7.96. The molecule has 0 amide bonds. The third-order valence-corrected chi connectivity index (χ3v) is 2.00. The van der Waals surface area contributed by atoms with Gasteiger partial charge in [-0.15, -0.1) is 0 Å². The number of pyridine rings is 1. The molecule has 13 heavy (non-hydrogen) atoms. The maximum Gasteiger partial charge on any atom is 0.287 e. The Labute approximate surface area is 80.6 Å². The van der Waals surface area contributed by atoms with Crippen LogP contribution in [0.15, 0.2) is 23.7 Å². The largest absolute Gasteiger partial charge is 0.287 e. The molecule has 0 radical (unpaired) electrons. The molecule has 0 fully saturated rings. The Kier molecular flexibility index (Phi) is 3.02. The first-order chi connectivity index (χ1) is 5.99. The highest BCUT2D eigenvalue weighted by Crippen LogP contribution is 2.13. The van der Waals surface area contributed by atoms with Crippen molar-refractivity contribution in [2.24, 2.45) is 0 Å². The van der Waals surface area contributed by atoms with Crippen LogP contribution in [-0.2, 0) is 10.1 Å². The summed E-state index contributed by atoms with van der Waals surface area (Å²) in [5.74, 6) is 0. The van der Waals surface area contributed by atoms with Gasteiger partial charge in [-0.05, 0) is 12.1 Å². The molecule has 0 bridgehead atoms. The number of rotatable bonds is 2. The lowest BCUT2D eigenvalue weighted by Crippen LogP contribution is -1.89. The molecule has 1 aromatic heterocycles. The highest BCUT2D eigenvalue weighted by atomic mass is 35.5. The van der Waals surface area contributed by atoms with E-state index in [1.807, 2.05) is 0 Å². The highest BCUT2D eigenvalue weighted by molar-refractivity contribution is 7.88. The molecule has 70 valence electrons. The molecule has 6 heteroatoms. The smallest absolute Gasteiger partial charge is 0.282 e. The molecule has 0 spiro atoms. The molecule has 0 saturated carbocycles. The Balaban J connectivity index is 3.00. The average Bonchev–Trinajstić information content (AvgIpc) is 2.01. The van der Waals surface area contributed by atoms with Crippen molar-refractivity contribution in [3.8, 4) is 0 Å². The molecule has 1 N–H and O–H groups in total. The van der Waals surface area contributed by atoms with Gasteiger partial charge in [0.1, 0.15) is 5.15 Å². The van der Waals surface area contributed by atoms with Gasteiger partial charge in [-0.3, -0.25) is 4.55 Å². The monoisotopic (exact) mass is 219 g/mol. The van der Waals surface area contributed by atoms with E-state index in [9.17, 15) is 8.42 Å². The van der Waals surface area contributed by atoms with Crippen LogP contribution in [0.5, 0.6) is 0 Å². The average molecular weight is 220 g/mol. The van der Waals surface area contributed by atoms with Crippen LogP contribution in [0.2, 0.25) is 5.15 Å². The van der Waals surface area contributed by atoms with Crippen molar-refractivity contribution in [1.82, 2.24) is 4.98 Å². The molecular weight excluding hydrogens is 214 g/mol. The molecule has 1 heterocycles. The highest BCUT2D eigenvalue weighted by Gasteiger charge is 1.98. The van der Waals surface area contributed by atoms with E-state index in [0.29, 0.717) is 11.0 Å². The lowest BCUT2D eigenvalue weighted by molar-refractivity contribution is 0.494. The Bertz CT molecular complexity index is 427. The van der Waals surface area contributed by atoms with E-state index in [4.69, 9.17) is 16.2 Å². The Hall–Kier alpha value is -0.910. The van der Waals surface area contributed by atoms with Crippen LogP contribution in [0.25, 0.3) is 6.08 Å². The normalized spacial score (nSPS) is 12.2. The Morgan fingerprint density at radius 3 is 2.77 bits per heavy atom. The van der Waals surface area contributed by atoms with Crippen molar-refractivity contribution in [1.29, 1.82) is 0 Å². The van der Waals surface area contributed by atoms with Gasteiger partial charge in [-0.25, -0.2) is 4.98 Å². The minimum atomic E-state index is -4.11. The summed E-state index contributed by atoms with van der Waals surface area (Å²) >= 11 is 5.61. The summed E-state index contributed by atoms with van der Waals surface area (Å²) in [4.78, 5) is 3.72. The van der Waals surface area contributed by atoms with Gasteiger partial charge in [0.15, 0.2) is 0 Å². The fraction of sp³-hybridized carbons (Fsp3) is 0.